The number of methoxy groups -OCH3 is 1. The summed E-state index contributed by atoms with van der Waals surface area (Å²) in [6, 6.07) is 10.6. The Kier molecular flexibility index (Phi) is 8.62. The minimum absolute atomic E-state index is 0. The second kappa shape index (κ2) is 10.9. The van der Waals surface area contributed by atoms with Gasteiger partial charge in [-0.15, -0.1) is 34.2 Å². The Morgan fingerprint density at radius 3 is 2.83 bits per heavy atom. The number of halogens is 2. The summed E-state index contributed by atoms with van der Waals surface area (Å²) >= 11 is 0. The van der Waals surface area contributed by atoms with E-state index < -0.39 is 0 Å². The number of nitrogens with one attached hydrogen (secondary N) is 2. The van der Waals surface area contributed by atoms with Gasteiger partial charge < -0.3 is 15.4 Å². The van der Waals surface area contributed by atoms with E-state index in [-0.39, 0.29) is 41.6 Å². The zero-order valence-electron chi connectivity index (χ0n) is 16.7. The van der Waals surface area contributed by atoms with Crippen LogP contribution in [0.3, 0.4) is 0 Å². The molecule has 0 radical (unpaired) electrons. The van der Waals surface area contributed by atoms with Crippen molar-refractivity contribution >= 4 is 35.6 Å². The minimum atomic E-state index is -0.380. The van der Waals surface area contributed by atoms with Crippen LogP contribution in [-0.4, -0.2) is 40.8 Å². The van der Waals surface area contributed by atoms with Gasteiger partial charge in [-0.3, -0.25) is 9.39 Å². The van der Waals surface area contributed by atoms with E-state index >= 15 is 0 Å². The minimum Gasteiger partial charge on any atom is -0.494 e. The third kappa shape index (κ3) is 5.78. The normalized spacial score (nSPS) is 12.3. The van der Waals surface area contributed by atoms with Crippen molar-refractivity contribution in [2.24, 2.45) is 4.99 Å². The Labute approximate surface area is 186 Å². The molecule has 1 unspecified atom stereocenters. The van der Waals surface area contributed by atoms with Crippen molar-refractivity contribution in [3.63, 3.8) is 0 Å². The fourth-order valence-corrected chi connectivity index (χ4v) is 2.89. The van der Waals surface area contributed by atoms with Gasteiger partial charge in [0.25, 0.3) is 0 Å². The number of aromatic nitrogens is 3. The number of fused-ring (bicyclic) bond motifs is 1. The van der Waals surface area contributed by atoms with Crippen LogP contribution >= 0.6 is 24.0 Å². The number of pyridine rings is 1. The number of ether oxygens (including phenoxy) is 1. The molecule has 0 bridgehead atoms. The molecule has 9 heteroatoms. The first-order valence-corrected chi connectivity index (χ1v) is 9.29. The molecule has 0 spiro atoms. The molecule has 1 aromatic carbocycles. The van der Waals surface area contributed by atoms with Crippen molar-refractivity contribution in [2.45, 2.75) is 26.3 Å². The standard InChI is InChI=1S/C20H25FN6O.HI/c1-4-22-20(24-14(2)15-8-9-17(28-3)16(21)13-15)23-11-10-19-26-25-18-7-5-6-12-27(18)19;/h5-9,12-14H,4,10-11H2,1-3H3,(H2,22,23,24);1H. The van der Waals surface area contributed by atoms with Gasteiger partial charge in [-0.05, 0) is 43.7 Å². The first kappa shape index (κ1) is 22.9. The van der Waals surface area contributed by atoms with Crippen molar-refractivity contribution in [1.82, 2.24) is 25.2 Å². The zero-order valence-corrected chi connectivity index (χ0v) is 19.1. The summed E-state index contributed by atoms with van der Waals surface area (Å²) < 4.78 is 20.9. The van der Waals surface area contributed by atoms with E-state index in [4.69, 9.17) is 4.74 Å². The third-order valence-electron chi connectivity index (χ3n) is 4.36. The summed E-state index contributed by atoms with van der Waals surface area (Å²) in [6.07, 6.45) is 2.60. The Morgan fingerprint density at radius 1 is 1.28 bits per heavy atom. The molecule has 0 saturated carbocycles. The summed E-state index contributed by atoms with van der Waals surface area (Å²) in [5.74, 6) is 1.38. The summed E-state index contributed by atoms with van der Waals surface area (Å²) in [7, 11) is 1.45. The third-order valence-corrected chi connectivity index (χ3v) is 4.36. The highest BCUT2D eigenvalue weighted by Crippen LogP contribution is 2.21. The average molecular weight is 512 g/mol. The number of guanidine groups is 1. The fourth-order valence-electron chi connectivity index (χ4n) is 2.89. The lowest BCUT2D eigenvalue weighted by Gasteiger charge is -2.18. The first-order chi connectivity index (χ1) is 13.6. The maximum atomic E-state index is 14.0. The largest absolute Gasteiger partial charge is 0.494 e. The molecule has 2 aromatic heterocycles. The van der Waals surface area contributed by atoms with E-state index in [1.54, 1.807) is 6.07 Å². The van der Waals surface area contributed by atoms with Crippen molar-refractivity contribution in [2.75, 3.05) is 20.2 Å². The number of nitrogens with zero attached hydrogens (tertiary/aromatic N) is 4. The molecule has 0 fully saturated rings. The smallest absolute Gasteiger partial charge is 0.191 e. The zero-order chi connectivity index (χ0) is 19.9. The Balaban J connectivity index is 0.00000300. The van der Waals surface area contributed by atoms with Crippen LogP contribution in [0.4, 0.5) is 4.39 Å². The van der Waals surface area contributed by atoms with Gasteiger partial charge in [-0.1, -0.05) is 12.1 Å². The second-order valence-corrected chi connectivity index (χ2v) is 6.32. The van der Waals surface area contributed by atoms with Gasteiger partial charge in [-0.2, -0.15) is 0 Å². The van der Waals surface area contributed by atoms with E-state index in [0.29, 0.717) is 18.9 Å². The quantitative estimate of drug-likeness (QED) is 0.289. The van der Waals surface area contributed by atoms with Gasteiger partial charge in [0.1, 0.15) is 5.82 Å². The molecule has 0 amide bonds. The van der Waals surface area contributed by atoms with E-state index in [0.717, 1.165) is 23.6 Å². The van der Waals surface area contributed by atoms with Crippen molar-refractivity contribution in [3.8, 4) is 5.75 Å². The van der Waals surface area contributed by atoms with Gasteiger partial charge in [0, 0.05) is 25.7 Å². The molecule has 1 atom stereocenters. The Morgan fingerprint density at radius 2 is 2.10 bits per heavy atom. The lowest BCUT2D eigenvalue weighted by molar-refractivity contribution is 0.386. The summed E-state index contributed by atoms with van der Waals surface area (Å²) in [6.45, 7) is 5.24. The molecule has 29 heavy (non-hydrogen) atoms. The van der Waals surface area contributed by atoms with Crippen LogP contribution in [0.15, 0.2) is 47.6 Å². The second-order valence-electron chi connectivity index (χ2n) is 6.32. The molecule has 156 valence electrons. The van der Waals surface area contributed by atoms with Crippen LogP contribution in [0, 0.1) is 5.82 Å². The van der Waals surface area contributed by atoms with Crippen LogP contribution in [0.5, 0.6) is 5.75 Å². The van der Waals surface area contributed by atoms with E-state index in [1.807, 2.05) is 48.7 Å². The van der Waals surface area contributed by atoms with Crippen LogP contribution in [0.2, 0.25) is 0 Å². The van der Waals surface area contributed by atoms with E-state index in [2.05, 4.69) is 25.8 Å². The highest BCUT2D eigenvalue weighted by molar-refractivity contribution is 14.0. The van der Waals surface area contributed by atoms with Gasteiger partial charge in [0.2, 0.25) is 0 Å². The van der Waals surface area contributed by atoms with Crippen LogP contribution in [0.25, 0.3) is 5.65 Å². The monoisotopic (exact) mass is 512 g/mol. The van der Waals surface area contributed by atoms with Gasteiger partial charge in [-0.25, -0.2) is 4.39 Å². The average Bonchev–Trinajstić information content (AvgIpc) is 3.11. The highest BCUT2D eigenvalue weighted by Gasteiger charge is 2.11. The van der Waals surface area contributed by atoms with Crippen molar-refractivity contribution in [3.05, 3.63) is 59.8 Å². The molecule has 0 aliphatic heterocycles. The van der Waals surface area contributed by atoms with E-state index in [9.17, 15) is 4.39 Å². The molecule has 2 N–H and O–H groups in total. The van der Waals surface area contributed by atoms with Crippen molar-refractivity contribution in [1.29, 1.82) is 0 Å². The highest BCUT2D eigenvalue weighted by atomic mass is 127. The molecule has 3 rings (SSSR count). The van der Waals surface area contributed by atoms with Crippen LogP contribution in [0.1, 0.15) is 31.3 Å². The molecule has 0 aliphatic carbocycles. The molecule has 0 saturated heterocycles. The summed E-state index contributed by atoms with van der Waals surface area (Å²) in [4.78, 5) is 4.61. The number of hydrogen-bond donors (Lipinski definition) is 2. The first-order valence-electron chi connectivity index (χ1n) is 9.29. The molecule has 2 heterocycles. The predicted molar refractivity (Wildman–Crippen MR) is 123 cm³/mol. The lowest BCUT2D eigenvalue weighted by Crippen LogP contribution is -2.39. The van der Waals surface area contributed by atoms with Crippen molar-refractivity contribution < 1.29 is 9.13 Å². The Bertz CT molecular complexity index is 961. The van der Waals surface area contributed by atoms with E-state index in [1.165, 1.54) is 13.2 Å². The predicted octanol–water partition coefficient (Wildman–Crippen LogP) is 3.35. The topological polar surface area (TPSA) is 75.8 Å². The fraction of sp³-hybridized carbons (Fsp3) is 0.350. The number of hydrogen-bond acceptors (Lipinski definition) is 4. The molecule has 3 aromatic rings. The van der Waals surface area contributed by atoms with Gasteiger partial charge >= 0.3 is 0 Å². The molecular weight excluding hydrogens is 486 g/mol. The SMILES string of the molecule is CCNC(=NCCc1nnc2ccccn12)NC(C)c1ccc(OC)c(F)c1.I. The number of benzene rings is 1. The van der Waals surface area contributed by atoms with Gasteiger partial charge in [0.05, 0.1) is 13.2 Å². The Hall–Kier alpha value is -2.43. The molecular formula is C20H26FIN6O. The number of rotatable bonds is 7. The summed E-state index contributed by atoms with van der Waals surface area (Å²) in [5.41, 5.74) is 1.63. The van der Waals surface area contributed by atoms with Crippen LogP contribution < -0.4 is 15.4 Å². The van der Waals surface area contributed by atoms with Crippen LogP contribution in [-0.2, 0) is 6.42 Å². The van der Waals surface area contributed by atoms with Gasteiger partial charge in [0.15, 0.2) is 23.2 Å². The number of aliphatic imine (C=N–C) groups is 1. The maximum absolute atomic E-state index is 14.0. The maximum Gasteiger partial charge on any atom is 0.191 e. The lowest BCUT2D eigenvalue weighted by atomic mass is 10.1. The molecule has 7 nitrogen and oxygen atoms in total. The summed E-state index contributed by atoms with van der Waals surface area (Å²) in [5, 5.41) is 14.9. The molecule has 0 aliphatic rings.